The minimum absolute atomic E-state index is 0.0327. The Labute approximate surface area is 384 Å². The summed E-state index contributed by atoms with van der Waals surface area (Å²) < 4.78 is 5.43. The number of hydrogen-bond acceptors (Lipinski definition) is 8. The highest BCUT2D eigenvalue weighted by Crippen LogP contribution is 2.36. The Hall–Kier alpha value is -7.10. The van der Waals surface area contributed by atoms with Gasteiger partial charge in [-0.2, -0.15) is 0 Å². The van der Waals surface area contributed by atoms with Crippen LogP contribution in [0.5, 0.6) is 0 Å². The number of urea groups is 1. The van der Waals surface area contributed by atoms with Crippen molar-refractivity contribution in [1.29, 1.82) is 0 Å². The van der Waals surface area contributed by atoms with Crippen LogP contribution in [0.1, 0.15) is 66.7 Å². The van der Waals surface area contributed by atoms with Crippen molar-refractivity contribution in [2.75, 3.05) is 66.6 Å². The number of nitrogens with zero attached hydrogens (tertiary/aromatic N) is 7. The predicted octanol–water partition coefficient (Wildman–Crippen LogP) is 6.62. The second-order valence-electron chi connectivity index (χ2n) is 17.4. The number of ether oxygens (including phenoxy) is 1. The van der Waals surface area contributed by atoms with Crippen molar-refractivity contribution in [3.8, 4) is 33.6 Å². The number of aromatic nitrogens is 4. The molecule has 4 aromatic carbocycles. The van der Waals surface area contributed by atoms with Crippen molar-refractivity contribution in [2.24, 2.45) is 0 Å². The van der Waals surface area contributed by atoms with Gasteiger partial charge in [0.25, 0.3) is 0 Å². The zero-order valence-electron chi connectivity index (χ0n) is 37.6. The Morgan fingerprint density at radius 1 is 0.636 bits per heavy atom. The quantitative estimate of drug-likeness (QED) is 0.131. The maximum atomic E-state index is 14.3. The number of aromatic amines is 2. The minimum Gasteiger partial charge on any atom is -0.378 e. The number of benzene rings is 4. The average molecular weight is 889 g/mol. The lowest BCUT2D eigenvalue weighted by Crippen LogP contribution is -2.54. The number of rotatable bonds is 11. The van der Waals surface area contributed by atoms with Gasteiger partial charge in [0.1, 0.15) is 29.8 Å². The van der Waals surface area contributed by atoms with E-state index in [-0.39, 0.29) is 29.8 Å². The van der Waals surface area contributed by atoms with E-state index in [1.165, 1.54) is 0 Å². The second kappa shape index (κ2) is 19.6. The van der Waals surface area contributed by atoms with E-state index in [0.29, 0.717) is 64.1 Å². The monoisotopic (exact) mass is 888 g/mol. The molecule has 9 rings (SSSR count). The van der Waals surface area contributed by atoms with Crippen LogP contribution in [0.3, 0.4) is 0 Å². The molecule has 66 heavy (non-hydrogen) atoms. The third-order valence-electron chi connectivity index (χ3n) is 13.0. The number of hydrogen-bond donors (Lipinski definition) is 3. The van der Waals surface area contributed by atoms with E-state index >= 15 is 0 Å². The fourth-order valence-electron chi connectivity index (χ4n) is 9.41. The van der Waals surface area contributed by atoms with Gasteiger partial charge in [-0.15, -0.1) is 0 Å². The molecule has 0 radical (unpaired) electrons. The van der Waals surface area contributed by atoms with E-state index in [1.54, 1.807) is 22.9 Å². The molecule has 340 valence electrons. The average Bonchev–Trinajstić information content (AvgIpc) is 4.16. The van der Waals surface area contributed by atoms with Crippen molar-refractivity contribution in [1.82, 2.24) is 49.8 Å². The van der Waals surface area contributed by atoms with Gasteiger partial charge in [-0.25, -0.2) is 14.8 Å². The molecule has 3 saturated heterocycles. The molecule has 2 aromatic heterocycles. The normalized spacial score (nSPS) is 18.6. The molecule has 5 heterocycles. The zero-order chi connectivity index (χ0) is 45.7. The van der Waals surface area contributed by atoms with E-state index in [2.05, 4.69) is 63.8 Å². The highest BCUT2D eigenvalue weighted by molar-refractivity contribution is 5.89. The van der Waals surface area contributed by atoms with Crippen LogP contribution >= 0.6 is 0 Å². The Bertz CT molecular complexity index is 2630. The van der Waals surface area contributed by atoms with Crippen LogP contribution < -0.4 is 5.32 Å². The zero-order valence-corrected chi connectivity index (χ0v) is 37.6. The first-order valence-electron chi connectivity index (χ1n) is 22.7. The fraction of sp³-hybridized carbons (Fsp3) is 0.333. The van der Waals surface area contributed by atoms with Gasteiger partial charge < -0.3 is 39.6 Å². The van der Waals surface area contributed by atoms with Crippen LogP contribution in [0, 0.1) is 0 Å². The molecule has 4 atom stereocenters. The summed E-state index contributed by atoms with van der Waals surface area (Å²) in [6.45, 7) is 5.25. The summed E-state index contributed by atoms with van der Waals surface area (Å²) in [6.07, 6.45) is 5.20. The lowest BCUT2D eigenvalue weighted by atomic mass is 10.0. The molecule has 0 spiro atoms. The molecule has 3 aliphatic heterocycles. The summed E-state index contributed by atoms with van der Waals surface area (Å²) in [5, 5.41) is 3.03. The fourth-order valence-corrected chi connectivity index (χ4v) is 9.41. The second-order valence-corrected chi connectivity index (χ2v) is 17.4. The first-order chi connectivity index (χ1) is 32.1. The molecule has 15 heteroatoms. The minimum atomic E-state index is -0.832. The largest absolute Gasteiger partial charge is 0.378 e. The maximum absolute atomic E-state index is 14.3. The molecule has 4 unspecified atom stereocenters. The molecule has 0 saturated carbocycles. The summed E-state index contributed by atoms with van der Waals surface area (Å²) >= 11 is 0. The third-order valence-corrected chi connectivity index (χ3v) is 13.0. The van der Waals surface area contributed by atoms with Crippen LogP contribution in [0.25, 0.3) is 33.6 Å². The van der Waals surface area contributed by atoms with Gasteiger partial charge in [0.2, 0.25) is 17.7 Å². The van der Waals surface area contributed by atoms with Crippen LogP contribution in [0.15, 0.2) is 122 Å². The molecule has 3 fully saturated rings. The number of imidazole rings is 2. The molecule has 5 amide bonds. The molecule has 0 bridgehead atoms. The third kappa shape index (κ3) is 9.35. The first-order valence-corrected chi connectivity index (χ1v) is 22.7. The van der Waals surface area contributed by atoms with Gasteiger partial charge in [-0.1, -0.05) is 109 Å². The Morgan fingerprint density at radius 3 is 1.73 bits per heavy atom. The van der Waals surface area contributed by atoms with Crippen LogP contribution in [0.2, 0.25) is 0 Å². The lowest BCUT2D eigenvalue weighted by molar-refractivity contribution is -0.146. The highest BCUT2D eigenvalue weighted by Gasteiger charge is 2.40. The van der Waals surface area contributed by atoms with Crippen LogP contribution in [-0.2, 0) is 19.1 Å². The van der Waals surface area contributed by atoms with E-state index in [4.69, 9.17) is 14.7 Å². The van der Waals surface area contributed by atoms with Crippen molar-refractivity contribution in [3.05, 3.63) is 144 Å². The lowest BCUT2D eigenvalue weighted by Gasteiger charge is -2.42. The standard InChI is InChI=1S/C51H56N10O5/c1-34(62)59-25-26-61(50(64)46(57(2)3)40-13-8-5-9-14-40)44(33-59)48-53-32-42(55-48)38-22-18-36(19-23-38)35-16-20-37(21-17-35)41-31-52-47(54-41)43-15-10-24-60(43)49(63)45(39-11-6-4-7-12-39)56-51(65)58-27-29-66-30-28-58/h4-9,11-14,16-23,31-32,43-46H,10,15,24-30,33H2,1-3H3,(H,52,54)(H,53,55)(H,56,65). The summed E-state index contributed by atoms with van der Waals surface area (Å²) in [5.74, 6) is 1.12. The van der Waals surface area contributed by atoms with Crippen molar-refractivity contribution in [3.63, 3.8) is 0 Å². The van der Waals surface area contributed by atoms with Gasteiger partial charge in [-0.05, 0) is 60.3 Å². The summed E-state index contributed by atoms with van der Waals surface area (Å²) in [5.41, 5.74) is 7.31. The number of morpholine rings is 1. The Kier molecular flexibility index (Phi) is 13.1. The van der Waals surface area contributed by atoms with E-state index < -0.39 is 18.1 Å². The van der Waals surface area contributed by atoms with E-state index in [9.17, 15) is 19.2 Å². The molecule has 3 aliphatic rings. The number of nitrogens with one attached hydrogen (secondary N) is 3. The molecule has 0 aliphatic carbocycles. The highest BCUT2D eigenvalue weighted by atomic mass is 16.5. The molecular weight excluding hydrogens is 833 g/mol. The van der Waals surface area contributed by atoms with Crippen molar-refractivity contribution >= 4 is 23.8 Å². The maximum Gasteiger partial charge on any atom is 0.318 e. The number of carbonyl (C=O) groups excluding carboxylic acids is 4. The number of amides is 5. The number of likely N-dealkylation sites (tertiary alicyclic amines) is 1. The number of carbonyl (C=O) groups is 4. The summed E-state index contributed by atoms with van der Waals surface area (Å²) in [7, 11) is 3.82. The van der Waals surface area contributed by atoms with Crippen molar-refractivity contribution in [2.45, 2.75) is 43.9 Å². The smallest absolute Gasteiger partial charge is 0.318 e. The van der Waals surface area contributed by atoms with Gasteiger partial charge >= 0.3 is 6.03 Å². The Balaban J connectivity index is 0.875. The molecular formula is C51H56N10O5. The molecule has 6 aromatic rings. The van der Waals surface area contributed by atoms with Crippen molar-refractivity contribution < 1.29 is 23.9 Å². The summed E-state index contributed by atoms with van der Waals surface area (Å²) in [4.78, 5) is 80.1. The summed E-state index contributed by atoms with van der Waals surface area (Å²) in [6, 6.07) is 33.4. The van der Waals surface area contributed by atoms with Crippen LogP contribution in [0.4, 0.5) is 4.79 Å². The SMILES string of the molecule is CC(=O)N1CCN(C(=O)C(c2ccccc2)N(C)C)C(c2ncc(-c3ccc(-c4ccc(-c5cnc(C6CCCN6C(=O)C(NC(=O)N6CCOCC6)c6ccccc6)[nH]5)cc4)cc3)[nH]2)C1. The van der Waals surface area contributed by atoms with Crippen LogP contribution in [-0.4, -0.2) is 135 Å². The van der Waals surface area contributed by atoms with Gasteiger partial charge in [0, 0.05) is 46.2 Å². The van der Waals surface area contributed by atoms with E-state index in [1.807, 2.05) is 95.7 Å². The number of likely N-dealkylation sites (N-methyl/N-ethyl adjacent to an activating group) is 1. The van der Waals surface area contributed by atoms with Gasteiger partial charge in [0.05, 0.1) is 43.0 Å². The van der Waals surface area contributed by atoms with E-state index in [0.717, 1.165) is 57.6 Å². The van der Waals surface area contributed by atoms with Gasteiger partial charge in [-0.3, -0.25) is 19.3 Å². The molecule has 3 N–H and O–H groups in total. The topological polar surface area (TPSA) is 163 Å². The first kappa shape index (κ1) is 44.1. The Morgan fingerprint density at radius 2 is 1.17 bits per heavy atom. The predicted molar refractivity (Wildman–Crippen MR) is 250 cm³/mol. The number of piperazine rings is 1. The van der Waals surface area contributed by atoms with Gasteiger partial charge in [0.15, 0.2) is 0 Å². The molecule has 15 nitrogen and oxygen atoms in total. The number of H-pyrrole nitrogens is 2.